The number of aliphatic carboxylic acids is 1. The maximum Gasteiger partial charge on any atom is 0.304 e. The average molecular weight is 411 g/mol. The lowest BCUT2D eigenvalue weighted by atomic mass is 9.90. The number of carbonyl (C=O) groups is 2. The number of Topliss-reactive ketones (excluding diaryl/α,β-unsaturated/α-hetero) is 1. The van der Waals surface area contributed by atoms with Gasteiger partial charge < -0.3 is 5.11 Å². The van der Waals surface area contributed by atoms with Crippen molar-refractivity contribution in [1.29, 1.82) is 0 Å². The molecule has 0 heterocycles. The quantitative estimate of drug-likeness (QED) is 0.172. The summed E-state index contributed by atoms with van der Waals surface area (Å²) >= 11 is 0. The molecule has 0 aliphatic carbocycles. The molecule has 0 aliphatic rings. The zero-order chi connectivity index (χ0) is 21.6. The molecule has 0 saturated carbocycles. The van der Waals surface area contributed by atoms with Crippen molar-refractivity contribution in [3.05, 3.63) is 0 Å². The molecule has 0 spiro atoms. The van der Waals surface area contributed by atoms with Crippen LogP contribution in [0.1, 0.15) is 149 Å². The molecule has 1 N–H and O–H groups in total. The summed E-state index contributed by atoms with van der Waals surface area (Å²) in [5.74, 6) is -0.896. The van der Waals surface area contributed by atoms with Crippen molar-refractivity contribution < 1.29 is 14.7 Å². The van der Waals surface area contributed by atoms with E-state index in [1.807, 2.05) is 0 Å². The van der Waals surface area contributed by atoms with E-state index >= 15 is 0 Å². The number of hydrogen-bond donors (Lipinski definition) is 1. The highest BCUT2D eigenvalue weighted by Gasteiger charge is 2.20. The largest absolute Gasteiger partial charge is 0.481 e. The lowest BCUT2D eigenvalue weighted by Gasteiger charge is -2.14. The molecular formula is C26H50O3. The van der Waals surface area contributed by atoms with Gasteiger partial charge in [0.15, 0.2) is 0 Å². The molecule has 0 amide bonds. The number of unbranched alkanes of at least 4 members (excludes halogenated alkanes) is 16. The molecule has 3 nitrogen and oxygen atoms in total. The second kappa shape index (κ2) is 21.8. The summed E-state index contributed by atoms with van der Waals surface area (Å²) in [6, 6.07) is 0. The fraction of sp³-hybridized carbons (Fsp3) is 0.923. The number of carboxylic acids is 1. The van der Waals surface area contributed by atoms with Gasteiger partial charge in [0.2, 0.25) is 0 Å². The summed E-state index contributed by atoms with van der Waals surface area (Å²) < 4.78 is 0. The molecule has 0 unspecified atom stereocenters. The van der Waals surface area contributed by atoms with E-state index in [1.165, 1.54) is 89.9 Å². The Morgan fingerprint density at radius 3 is 1.38 bits per heavy atom. The van der Waals surface area contributed by atoms with Gasteiger partial charge in [-0.1, -0.05) is 123 Å². The van der Waals surface area contributed by atoms with Crippen LogP contribution in [0.15, 0.2) is 0 Å². The summed E-state index contributed by atoms with van der Waals surface area (Å²) in [6.07, 6.45) is 23.8. The van der Waals surface area contributed by atoms with Crippen molar-refractivity contribution >= 4 is 11.8 Å². The van der Waals surface area contributed by atoms with E-state index < -0.39 is 5.97 Å². The first-order valence-electron chi connectivity index (χ1n) is 12.9. The number of carboxylic acid groups (broad SMARTS) is 1. The molecule has 0 saturated heterocycles. The van der Waals surface area contributed by atoms with Crippen LogP contribution in [0.25, 0.3) is 0 Å². The highest BCUT2D eigenvalue weighted by molar-refractivity contribution is 5.84. The summed E-state index contributed by atoms with van der Waals surface area (Å²) in [7, 11) is 0. The van der Waals surface area contributed by atoms with Crippen molar-refractivity contribution in [2.24, 2.45) is 5.92 Å². The minimum Gasteiger partial charge on any atom is -0.481 e. The molecule has 0 fully saturated rings. The van der Waals surface area contributed by atoms with Crippen LogP contribution >= 0.6 is 0 Å². The van der Waals surface area contributed by atoms with Crippen molar-refractivity contribution in [1.82, 2.24) is 0 Å². The Kier molecular flexibility index (Phi) is 21.2. The van der Waals surface area contributed by atoms with E-state index in [4.69, 9.17) is 5.11 Å². The van der Waals surface area contributed by atoms with E-state index in [9.17, 15) is 9.59 Å². The van der Waals surface area contributed by atoms with Crippen LogP contribution < -0.4 is 0 Å². The Labute approximate surface area is 181 Å². The first kappa shape index (κ1) is 28.1. The normalized spacial score (nSPS) is 12.2. The van der Waals surface area contributed by atoms with Gasteiger partial charge in [-0.25, -0.2) is 0 Å². The van der Waals surface area contributed by atoms with Crippen molar-refractivity contribution in [2.75, 3.05) is 0 Å². The Morgan fingerprint density at radius 1 is 0.586 bits per heavy atom. The van der Waals surface area contributed by atoms with Crippen LogP contribution in [0.3, 0.4) is 0 Å². The summed E-state index contributed by atoms with van der Waals surface area (Å²) in [4.78, 5) is 23.6. The molecule has 0 aromatic rings. The molecule has 0 radical (unpaired) electrons. The van der Waals surface area contributed by atoms with Gasteiger partial charge in [0.1, 0.15) is 5.78 Å². The van der Waals surface area contributed by atoms with E-state index in [0.717, 1.165) is 32.1 Å². The topological polar surface area (TPSA) is 54.4 Å². The molecule has 0 aliphatic heterocycles. The first-order valence-corrected chi connectivity index (χ1v) is 12.9. The number of ketones is 1. The predicted octanol–water partition coefficient (Wildman–Crippen LogP) is 8.49. The molecule has 0 aromatic heterocycles. The fourth-order valence-electron chi connectivity index (χ4n) is 4.10. The number of carbonyl (C=O) groups excluding carboxylic acids is 1. The van der Waals surface area contributed by atoms with Crippen LogP contribution in [-0.2, 0) is 9.59 Å². The number of rotatable bonds is 23. The third kappa shape index (κ3) is 20.2. The van der Waals surface area contributed by atoms with Crippen LogP contribution in [0, 0.1) is 5.92 Å². The Bertz CT molecular complexity index is 378. The predicted molar refractivity (Wildman–Crippen MR) is 124 cm³/mol. The van der Waals surface area contributed by atoms with Crippen LogP contribution in [0.2, 0.25) is 0 Å². The third-order valence-corrected chi connectivity index (χ3v) is 6.06. The highest BCUT2D eigenvalue weighted by atomic mass is 16.4. The van der Waals surface area contributed by atoms with Gasteiger partial charge in [-0.15, -0.1) is 0 Å². The Morgan fingerprint density at radius 2 is 0.966 bits per heavy atom. The average Bonchev–Trinajstić information content (AvgIpc) is 2.70. The summed E-state index contributed by atoms with van der Waals surface area (Å²) in [6.45, 7) is 4.48. The van der Waals surface area contributed by atoms with Gasteiger partial charge in [0, 0.05) is 12.3 Å². The van der Waals surface area contributed by atoms with Gasteiger partial charge in [0.25, 0.3) is 0 Å². The smallest absolute Gasteiger partial charge is 0.304 e. The van der Waals surface area contributed by atoms with E-state index in [0.29, 0.717) is 6.42 Å². The van der Waals surface area contributed by atoms with Gasteiger partial charge in [-0.3, -0.25) is 9.59 Å². The van der Waals surface area contributed by atoms with Crippen molar-refractivity contribution in [3.63, 3.8) is 0 Å². The van der Waals surface area contributed by atoms with E-state index in [2.05, 4.69) is 13.8 Å². The molecule has 29 heavy (non-hydrogen) atoms. The van der Waals surface area contributed by atoms with Gasteiger partial charge >= 0.3 is 5.97 Å². The van der Waals surface area contributed by atoms with Crippen LogP contribution in [-0.4, -0.2) is 16.9 Å². The summed E-state index contributed by atoms with van der Waals surface area (Å²) in [5.41, 5.74) is 0. The van der Waals surface area contributed by atoms with Gasteiger partial charge in [-0.2, -0.15) is 0 Å². The van der Waals surface area contributed by atoms with E-state index in [1.54, 1.807) is 0 Å². The number of hydrogen-bond acceptors (Lipinski definition) is 2. The zero-order valence-corrected chi connectivity index (χ0v) is 19.7. The minimum absolute atomic E-state index is 0.0211. The zero-order valence-electron chi connectivity index (χ0n) is 19.7. The van der Waals surface area contributed by atoms with Crippen LogP contribution in [0.5, 0.6) is 0 Å². The molecule has 0 aromatic carbocycles. The second-order valence-corrected chi connectivity index (χ2v) is 8.96. The first-order chi connectivity index (χ1) is 14.1. The molecule has 0 rings (SSSR count). The SMILES string of the molecule is CCCCCCCCCCCC(=O)[C@@H](CCCCCCCCCCC)CC(=O)O. The molecule has 0 bridgehead atoms. The highest BCUT2D eigenvalue weighted by Crippen LogP contribution is 2.20. The standard InChI is InChI=1S/C26H50O3/c1-3-5-7-9-11-13-15-17-19-21-24(23-26(28)29)25(27)22-20-18-16-14-12-10-8-6-4-2/h24H,3-23H2,1-2H3,(H,28,29)/t24-/m0/s1. The maximum atomic E-state index is 12.5. The van der Waals surface area contributed by atoms with Crippen molar-refractivity contribution in [2.45, 2.75) is 149 Å². The Balaban J connectivity index is 3.79. The minimum atomic E-state index is -0.827. The monoisotopic (exact) mass is 410 g/mol. The third-order valence-electron chi connectivity index (χ3n) is 6.06. The van der Waals surface area contributed by atoms with Gasteiger partial charge in [-0.05, 0) is 12.8 Å². The lowest BCUT2D eigenvalue weighted by Crippen LogP contribution is -2.18. The second-order valence-electron chi connectivity index (χ2n) is 8.96. The van der Waals surface area contributed by atoms with Crippen molar-refractivity contribution in [3.8, 4) is 0 Å². The van der Waals surface area contributed by atoms with Gasteiger partial charge in [0.05, 0.1) is 6.42 Å². The lowest BCUT2D eigenvalue weighted by molar-refractivity contribution is -0.140. The molecule has 3 heteroatoms. The molecule has 172 valence electrons. The molecular weight excluding hydrogens is 360 g/mol. The van der Waals surface area contributed by atoms with Crippen LogP contribution in [0.4, 0.5) is 0 Å². The Hall–Kier alpha value is -0.860. The fourth-order valence-corrected chi connectivity index (χ4v) is 4.10. The summed E-state index contributed by atoms with van der Waals surface area (Å²) in [5, 5.41) is 9.15. The van der Waals surface area contributed by atoms with E-state index in [-0.39, 0.29) is 18.1 Å². The maximum absolute atomic E-state index is 12.5. The molecule has 1 atom stereocenters.